The number of rotatable bonds is 4. The van der Waals surface area contributed by atoms with E-state index in [-0.39, 0.29) is 10.9 Å². The zero-order valence-corrected chi connectivity index (χ0v) is 12.9. The Morgan fingerprint density at radius 1 is 1.24 bits per heavy atom. The number of nitrogens with one attached hydrogen (secondary N) is 2. The van der Waals surface area contributed by atoms with Crippen molar-refractivity contribution in [1.82, 2.24) is 4.72 Å². The van der Waals surface area contributed by atoms with E-state index in [4.69, 9.17) is 16.0 Å². The number of sulfonamides is 1. The van der Waals surface area contributed by atoms with Crippen LogP contribution < -0.4 is 10.0 Å². The molecule has 0 saturated carbocycles. The molecule has 112 valence electrons. The lowest BCUT2D eigenvalue weighted by atomic mass is 10.2. The van der Waals surface area contributed by atoms with Gasteiger partial charge < -0.3 is 9.73 Å². The molecule has 0 fully saturated rings. The normalized spacial score (nSPS) is 11.4. The monoisotopic (exact) mass is 328 g/mol. The Kier molecular flexibility index (Phi) is 4.36. The number of hydrogen-bond acceptors (Lipinski definition) is 4. The lowest BCUT2D eigenvalue weighted by Crippen LogP contribution is -2.18. The van der Waals surface area contributed by atoms with Gasteiger partial charge >= 0.3 is 0 Å². The van der Waals surface area contributed by atoms with Gasteiger partial charge in [0.1, 0.15) is 0 Å². The first kappa shape index (κ1) is 15.6. The molecule has 0 bridgehead atoms. The number of amides is 1. The molecule has 1 heterocycles. The second kappa shape index (κ2) is 5.88. The molecular formula is C13H13ClN2O4S. The summed E-state index contributed by atoms with van der Waals surface area (Å²) < 4.78 is 30.2. The molecule has 0 aliphatic rings. The molecule has 0 spiro atoms. The van der Waals surface area contributed by atoms with E-state index in [1.165, 1.54) is 19.2 Å². The van der Waals surface area contributed by atoms with Crippen LogP contribution in [0, 0.1) is 6.92 Å². The Labute approximate surface area is 127 Å². The van der Waals surface area contributed by atoms with Crippen molar-refractivity contribution in [2.75, 3.05) is 12.4 Å². The maximum absolute atomic E-state index is 12.0. The highest BCUT2D eigenvalue weighted by atomic mass is 35.5. The molecule has 0 unspecified atom stereocenters. The van der Waals surface area contributed by atoms with Crippen LogP contribution in [0.25, 0.3) is 0 Å². The van der Waals surface area contributed by atoms with E-state index < -0.39 is 15.9 Å². The fourth-order valence-electron chi connectivity index (χ4n) is 1.61. The van der Waals surface area contributed by atoms with Crippen molar-refractivity contribution in [2.45, 2.75) is 12.0 Å². The van der Waals surface area contributed by atoms with E-state index >= 15 is 0 Å². The summed E-state index contributed by atoms with van der Waals surface area (Å²) in [6.07, 6.45) is 0. The number of anilines is 1. The lowest BCUT2D eigenvalue weighted by molar-refractivity contribution is 0.0991. The smallest absolute Gasteiger partial charge is 0.291 e. The molecule has 2 aromatic rings. The van der Waals surface area contributed by atoms with E-state index in [2.05, 4.69) is 10.0 Å². The average molecular weight is 329 g/mol. The van der Waals surface area contributed by atoms with Crippen molar-refractivity contribution < 1.29 is 17.6 Å². The van der Waals surface area contributed by atoms with Crippen LogP contribution in [-0.4, -0.2) is 21.4 Å². The molecule has 0 aliphatic heterocycles. The lowest BCUT2D eigenvalue weighted by Gasteiger charge is -2.08. The second-order valence-electron chi connectivity index (χ2n) is 4.19. The van der Waals surface area contributed by atoms with Crippen LogP contribution in [0.15, 0.2) is 39.8 Å². The molecule has 2 N–H and O–H groups in total. The third-order valence-electron chi connectivity index (χ3n) is 2.85. The standard InChI is InChI=1S/C13H13ClN2O4S/c1-8-9(14)4-3-5-10(8)16-13(17)11-6-7-12(20-11)21(18,19)15-2/h3-7,15H,1-2H3,(H,16,17). The Balaban J connectivity index is 2.24. The van der Waals surface area contributed by atoms with Gasteiger partial charge in [0.2, 0.25) is 5.09 Å². The van der Waals surface area contributed by atoms with Gasteiger partial charge in [-0.25, -0.2) is 13.1 Å². The third kappa shape index (κ3) is 3.26. The zero-order valence-electron chi connectivity index (χ0n) is 11.3. The van der Waals surface area contributed by atoms with Crippen molar-refractivity contribution >= 4 is 33.2 Å². The molecule has 8 heteroatoms. The number of hydrogen-bond donors (Lipinski definition) is 2. The van der Waals surface area contributed by atoms with Gasteiger partial charge in [0.15, 0.2) is 5.76 Å². The molecule has 0 atom stereocenters. The van der Waals surface area contributed by atoms with E-state index in [0.717, 1.165) is 0 Å². The molecule has 1 amide bonds. The summed E-state index contributed by atoms with van der Waals surface area (Å²) >= 11 is 5.96. The minimum absolute atomic E-state index is 0.108. The van der Waals surface area contributed by atoms with Gasteiger partial charge in [0.25, 0.3) is 15.9 Å². The quantitative estimate of drug-likeness (QED) is 0.902. The Bertz CT molecular complexity index is 783. The van der Waals surface area contributed by atoms with Gasteiger partial charge in [-0.1, -0.05) is 17.7 Å². The van der Waals surface area contributed by atoms with Gasteiger partial charge in [0.05, 0.1) is 0 Å². The first-order chi connectivity index (χ1) is 9.85. The minimum Gasteiger partial charge on any atom is -0.438 e. The molecule has 6 nitrogen and oxygen atoms in total. The van der Waals surface area contributed by atoms with Crippen LogP contribution >= 0.6 is 11.6 Å². The largest absolute Gasteiger partial charge is 0.438 e. The van der Waals surface area contributed by atoms with Gasteiger partial charge in [-0.05, 0) is 43.8 Å². The van der Waals surface area contributed by atoms with Gasteiger partial charge in [0, 0.05) is 10.7 Å². The van der Waals surface area contributed by atoms with Crippen LogP contribution in [0.1, 0.15) is 16.1 Å². The highest BCUT2D eigenvalue weighted by Crippen LogP contribution is 2.24. The SMILES string of the molecule is CNS(=O)(=O)c1ccc(C(=O)Nc2cccc(Cl)c2C)o1. The molecule has 0 saturated heterocycles. The number of halogens is 1. The van der Waals surface area contributed by atoms with E-state index in [1.807, 2.05) is 0 Å². The molecular weight excluding hydrogens is 316 g/mol. The molecule has 2 rings (SSSR count). The van der Waals surface area contributed by atoms with Crippen LogP contribution in [0.4, 0.5) is 5.69 Å². The summed E-state index contributed by atoms with van der Waals surface area (Å²) in [6.45, 7) is 1.76. The van der Waals surface area contributed by atoms with Crippen molar-refractivity contribution in [1.29, 1.82) is 0 Å². The number of carbonyl (C=O) groups excluding carboxylic acids is 1. The van der Waals surface area contributed by atoms with E-state index in [9.17, 15) is 13.2 Å². The van der Waals surface area contributed by atoms with Crippen molar-refractivity contribution in [3.05, 3.63) is 46.7 Å². The molecule has 1 aromatic carbocycles. The van der Waals surface area contributed by atoms with Gasteiger partial charge in [-0.15, -0.1) is 0 Å². The summed E-state index contributed by atoms with van der Waals surface area (Å²) in [4.78, 5) is 12.0. The predicted octanol–water partition coefficient (Wildman–Crippen LogP) is 2.40. The number of benzene rings is 1. The van der Waals surface area contributed by atoms with E-state index in [1.54, 1.807) is 25.1 Å². The fraction of sp³-hybridized carbons (Fsp3) is 0.154. The van der Waals surface area contributed by atoms with Gasteiger partial charge in [-0.2, -0.15) is 0 Å². The first-order valence-corrected chi connectivity index (χ1v) is 7.81. The summed E-state index contributed by atoms with van der Waals surface area (Å²) in [5.41, 5.74) is 1.24. The highest BCUT2D eigenvalue weighted by Gasteiger charge is 2.20. The number of furan rings is 1. The Hall–Kier alpha value is -1.83. The Morgan fingerprint density at radius 3 is 2.62 bits per heavy atom. The second-order valence-corrected chi connectivity index (χ2v) is 6.42. The summed E-state index contributed by atoms with van der Waals surface area (Å²) in [5.74, 6) is -0.666. The van der Waals surface area contributed by atoms with Crippen LogP contribution in [0.3, 0.4) is 0 Å². The minimum atomic E-state index is -3.72. The van der Waals surface area contributed by atoms with Gasteiger partial charge in [-0.3, -0.25) is 4.79 Å². The Morgan fingerprint density at radius 2 is 1.95 bits per heavy atom. The van der Waals surface area contributed by atoms with Crippen LogP contribution in [-0.2, 0) is 10.0 Å². The molecule has 0 radical (unpaired) electrons. The first-order valence-electron chi connectivity index (χ1n) is 5.95. The maximum atomic E-state index is 12.0. The summed E-state index contributed by atoms with van der Waals surface area (Å²) in [7, 11) is -2.46. The predicted molar refractivity (Wildman–Crippen MR) is 79.1 cm³/mol. The molecule has 21 heavy (non-hydrogen) atoms. The molecule has 1 aromatic heterocycles. The topological polar surface area (TPSA) is 88.4 Å². The van der Waals surface area contributed by atoms with Crippen molar-refractivity contribution in [3.63, 3.8) is 0 Å². The van der Waals surface area contributed by atoms with Crippen LogP contribution in [0.5, 0.6) is 0 Å². The van der Waals surface area contributed by atoms with Crippen molar-refractivity contribution in [3.8, 4) is 0 Å². The zero-order chi connectivity index (χ0) is 15.6. The van der Waals surface area contributed by atoms with Crippen LogP contribution in [0.2, 0.25) is 5.02 Å². The molecule has 0 aliphatic carbocycles. The van der Waals surface area contributed by atoms with Crippen molar-refractivity contribution in [2.24, 2.45) is 0 Å². The van der Waals surface area contributed by atoms with E-state index in [0.29, 0.717) is 16.3 Å². The fourth-order valence-corrected chi connectivity index (χ4v) is 2.44. The highest BCUT2D eigenvalue weighted by molar-refractivity contribution is 7.89. The number of carbonyl (C=O) groups is 1. The third-order valence-corrected chi connectivity index (χ3v) is 4.55. The summed E-state index contributed by atoms with van der Waals surface area (Å²) in [5, 5.41) is 2.82. The average Bonchev–Trinajstić information content (AvgIpc) is 2.94. The maximum Gasteiger partial charge on any atom is 0.291 e. The summed E-state index contributed by atoms with van der Waals surface area (Å²) in [6, 6.07) is 7.60.